The molecule has 6 nitrogen and oxygen atoms in total. The first-order chi connectivity index (χ1) is 11.5. The Bertz CT molecular complexity index is 758. The van der Waals surface area contributed by atoms with Gasteiger partial charge in [0.15, 0.2) is 5.82 Å². The number of aryl methyl sites for hydroxylation is 2. The maximum Gasteiger partial charge on any atom is 0.231 e. The summed E-state index contributed by atoms with van der Waals surface area (Å²) in [7, 11) is -3.16. The Kier molecular flexibility index (Phi) is 5.30. The Hall–Kier alpha value is -1.73. The number of benzene rings is 1. The lowest BCUT2D eigenvalue weighted by atomic mass is 10.00. The molecule has 1 atom stereocenters. The van der Waals surface area contributed by atoms with Crippen LogP contribution in [0.3, 0.4) is 0 Å². The molecule has 0 radical (unpaired) electrons. The molecule has 130 valence electrons. The van der Waals surface area contributed by atoms with Gasteiger partial charge in [0.25, 0.3) is 0 Å². The molecular formula is C17H23N3O3S. The summed E-state index contributed by atoms with van der Waals surface area (Å²) in [6, 6.07) is 10.3. The second-order valence-corrected chi connectivity index (χ2v) is 8.33. The molecule has 24 heavy (non-hydrogen) atoms. The molecule has 2 aromatic rings. The second-order valence-electron chi connectivity index (χ2n) is 6.35. The van der Waals surface area contributed by atoms with E-state index >= 15 is 0 Å². The Morgan fingerprint density at radius 1 is 1.25 bits per heavy atom. The summed E-state index contributed by atoms with van der Waals surface area (Å²) in [5.41, 5.74) is 1.30. The fourth-order valence-corrected chi connectivity index (χ4v) is 3.99. The first-order valence-electron chi connectivity index (χ1n) is 8.34. The third-order valence-electron chi connectivity index (χ3n) is 4.39. The molecule has 1 aromatic heterocycles. The normalized spacial score (nSPS) is 19.5. The molecule has 1 fully saturated rings. The van der Waals surface area contributed by atoms with E-state index in [0.29, 0.717) is 24.8 Å². The molecule has 0 bridgehead atoms. The SMILES string of the molecule is CS(=O)(=O)N1CCC[C@H](c2nc(CCCc3ccccc3)no2)C1. The zero-order valence-electron chi connectivity index (χ0n) is 13.9. The molecule has 0 spiro atoms. The van der Waals surface area contributed by atoms with Crippen molar-refractivity contribution in [2.45, 2.75) is 38.0 Å². The van der Waals surface area contributed by atoms with Crippen molar-refractivity contribution in [3.63, 3.8) is 0 Å². The highest BCUT2D eigenvalue weighted by atomic mass is 32.2. The lowest BCUT2D eigenvalue weighted by molar-refractivity contribution is 0.266. The van der Waals surface area contributed by atoms with Crippen LogP contribution in [-0.4, -0.2) is 42.2 Å². The van der Waals surface area contributed by atoms with E-state index in [4.69, 9.17) is 4.52 Å². The fraction of sp³-hybridized carbons (Fsp3) is 0.529. The molecule has 1 saturated heterocycles. The minimum absolute atomic E-state index is 0.00356. The van der Waals surface area contributed by atoms with Gasteiger partial charge in [-0.15, -0.1) is 0 Å². The Balaban J connectivity index is 1.55. The van der Waals surface area contributed by atoms with E-state index in [1.165, 1.54) is 16.1 Å². The molecule has 0 unspecified atom stereocenters. The summed E-state index contributed by atoms with van der Waals surface area (Å²) in [5.74, 6) is 1.28. The lowest BCUT2D eigenvalue weighted by Gasteiger charge is -2.28. The highest BCUT2D eigenvalue weighted by molar-refractivity contribution is 7.88. The van der Waals surface area contributed by atoms with Crippen LogP contribution in [-0.2, 0) is 22.9 Å². The third kappa shape index (κ3) is 4.42. The number of nitrogens with zero attached hydrogens (tertiary/aromatic N) is 3. The zero-order valence-corrected chi connectivity index (χ0v) is 14.7. The van der Waals surface area contributed by atoms with Crippen molar-refractivity contribution in [3.8, 4) is 0 Å². The van der Waals surface area contributed by atoms with Crippen molar-refractivity contribution in [1.82, 2.24) is 14.4 Å². The van der Waals surface area contributed by atoms with Crippen molar-refractivity contribution >= 4 is 10.0 Å². The molecular weight excluding hydrogens is 326 g/mol. The van der Waals surface area contributed by atoms with Crippen LogP contribution in [0.15, 0.2) is 34.9 Å². The van der Waals surface area contributed by atoms with Gasteiger partial charge in [-0.25, -0.2) is 12.7 Å². The zero-order chi connectivity index (χ0) is 17.0. The van der Waals surface area contributed by atoms with Crippen molar-refractivity contribution in [1.29, 1.82) is 0 Å². The Morgan fingerprint density at radius 3 is 2.79 bits per heavy atom. The van der Waals surface area contributed by atoms with E-state index in [1.54, 1.807) is 0 Å². The van der Waals surface area contributed by atoms with E-state index in [2.05, 4.69) is 22.3 Å². The first-order valence-corrected chi connectivity index (χ1v) is 10.2. The predicted octanol–water partition coefficient (Wildman–Crippen LogP) is 2.38. The highest BCUT2D eigenvalue weighted by Gasteiger charge is 2.30. The van der Waals surface area contributed by atoms with Gasteiger partial charge in [-0.1, -0.05) is 35.5 Å². The van der Waals surface area contributed by atoms with E-state index in [-0.39, 0.29) is 5.92 Å². The maximum atomic E-state index is 11.7. The average molecular weight is 349 g/mol. The summed E-state index contributed by atoms with van der Waals surface area (Å²) in [6.45, 7) is 1.01. The molecule has 0 amide bonds. The highest BCUT2D eigenvalue weighted by Crippen LogP contribution is 2.27. The third-order valence-corrected chi connectivity index (χ3v) is 5.66. The van der Waals surface area contributed by atoms with Crippen LogP contribution in [0.2, 0.25) is 0 Å². The number of sulfonamides is 1. The summed E-state index contributed by atoms with van der Waals surface area (Å²) in [4.78, 5) is 4.48. The van der Waals surface area contributed by atoms with Crippen LogP contribution in [0.4, 0.5) is 0 Å². The van der Waals surface area contributed by atoms with Gasteiger partial charge in [-0.3, -0.25) is 0 Å². The number of piperidine rings is 1. The molecule has 1 aliphatic rings. The van der Waals surface area contributed by atoms with Crippen molar-refractivity contribution in [2.75, 3.05) is 19.3 Å². The van der Waals surface area contributed by atoms with Crippen LogP contribution >= 0.6 is 0 Å². The van der Waals surface area contributed by atoms with Crippen LogP contribution < -0.4 is 0 Å². The largest absolute Gasteiger partial charge is 0.339 e. The number of rotatable bonds is 6. The minimum Gasteiger partial charge on any atom is -0.339 e. The second kappa shape index (κ2) is 7.44. The lowest BCUT2D eigenvalue weighted by Crippen LogP contribution is -2.38. The van der Waals surface area contributed by atoms with Gasteiger partial charge < -0.3 is 4.52 Å². The molecule has 7 heteroatoms. The van der Waals surface area contributed by atoms with Crippen molar-refractivity contribution in [2.24, 2.45) is 0 Å². The first kappa shape index (κ1) is 17.1. The number of hydrogen-bond donors (Lipinski definition) is 0. The molecule has 1 aromatic carbocycles. The number of aromatic nitrogens is 2. The topological polar surface area (TPSA) is 76.3 Å². The summed E-state index contributed by atoms with van der Waals surface area (Å²) >= 11 is 0. The Morgan fingerprint density at radius 2 is 2.04 bits per heavy atom. The van der Waals surface area contributed by atoms with E-state index in [9.17, 15) is 8.42 Å². The quantitative estimate of drug-likeness (QED) is 0.800. The molecule has 1 aliphatic heterocycles. The maximum absolute atomic E-state index is 11.7. The van der Waals surface area contributed by atoms with Gasteiger partial charge >= 0.3 is 0 Å². The van der Waals surface area contributed by atoms with Gasteiger partial charge in [0.05, 0.1) is 12.2 Å². The molecule has 2 heterocycles. The molecule has 0 saturated carbocycles. The van der Waals surface area contributed by atoms with Crippen molar-refractivity contribution in [3.05, 3.63) is 47.6 Å². The summed E-state index contributed by atoms with van der Waals surface area (Å²) in [6.07, 6.45) is 5.67. The average Bonchev–Trinajstić information content (AvgIpc) is 3.04. The molecule has 3 rings (SSSR count). The van der Waals surface area contributed by atoms with Gasteiger partial charge in [0.1, 0.15) is 0 Å². The van der Waals surface area contributed by atoms with Gasteiger partial charge in [0, 0.05) is 19.5 Å². The predicted molar refractivity (Wildman–Crippen MR) is 91.2 cm³/mol. The molecule has 0 aliphatic carbocycles. The van der Waals surface area contributed by atoms with Crippen molar-refractivity contribution < 1.29 is 12.9 Å². The van der Waals surface area contributed by atoms with E-state index < -0.39 is 10.0 Å². The monoisotopic (exact) mass is 349 g/mol. The van der Waals surface area contributed by atoms with Gasteiger partial charge in [-0.05, 0) is 31.2 Å². The summed E-state index contributed by atoms with van der Waals surface area (Å²) < 4.78 is 30.3. The van der Waals surface area contributed by atoms with Gasteiger partial charge in [0.2, 0.25) is 15.9 Å². The fourth-order valence-electron chi connectivity index (χ4n) is 3.08. The van der Waals surface area contributed by atoms with E-state index in [1.807, 2.05) is 18.2 Å². The summed E-state index contributed by atoms with van der Waals surface area (Å²) in [5, 5.41) is 4.06. The van der Waals surface area contributed by atoms with Crippen LogP contribution in [0.1, 0.15) is 42.5 Å². The van der Waals surface area contributed by atoms with Gasteiger partial charge in [-0.2, -0.15) is 4.98 Å². The molecule has 0 N–H and O–H groups in total. The Labute approximate surface area is 142 Å². The minimum atomic E-state index is -3.16. The number of hydrogen-bond acceptors (Lipinski definition) is 5. The standard InChI is InChI=1S/C17H23N3O3S/c1-24(21,22)20-12-6-10-15(13-20)17-18-16(19-23-17)11-5-9-14-7-3-2-4-8-14/h2-4,7-8,15H,5-6,9-13H2,1H3/t15-/m0/s1. The van der Waals surface area contributed by atoms with E-state index in [0.717, 1.165) is 32.1 Å². The van der Waals surface area contributed by atoms with Crippen LogP contribution in [0.25, 0.3) is 0 Å². The van der Waals surface area contributed by atoms with Crippen LogP contribution in [0, 0.1) is 0 Å². The smallest absolute Gasteiger partial charge is 0.231 e. The van der Waals surface area contributed by atoms with Crippen LogP contribution in [0.5, 0.6) is 0 Å².